The Hall–Kier alpha value is -2.56. The van der Waals surface area contributed by atoms with Gasteiger partial charge in [0, 0.05) is 31.4 Å². The average molecular weight is 341 g/mol. The van der Waals surface area contributed by atoms with Gasteiger partial charge in [-0.3, -0.25) is 4.79 Å². The van der Waals surface area contributed by atoms with Crippen LogP contribution in [0.15, 0.2) is 36.5 Å². The number of pyridine rings is 1. The smallest absolute Gasteiger partial charge is 0.224 e. The van der Waals surface area contributed by atoms with Crippen molar-refractivity contribution in [1.82, 2.24) is 4.98 Å². The Labute approximate surface area is 150 Å². The van der Waals surface area contributed by atoms with Crippen molar-refractivity contribution in [1.29, 1.82) is 0 Å². The zero-order chi connectivity index (χ0) is 18.2. The van der Waals surface area contributed by atoms with Crippen LogP contribution in [0.25, 0.3) is 0 Å². The number of rotatable bonds is 8. The first-order chi connectivity index (χ1) is 12.1. The van der Waals surface area contributed by atoms with Crippen molar-refractivity contribution >= 4 is 17.4 Å². The van der Waals surface area contributed by atoms with Gasteiger partial charge in [0.2, 0.25) is 5.91 Å². The van der Waals surface area contributed by atoms with Gasteiger partial charge in [-0.05, 0) is 68.7 Å². The van der Waals surface area contributed by atoms with E-state index in [9.17, 15) is 4.79 Å². The summed E-state index contributed by atoms with van der Waals surface area (Å²) in [5.41, 5.74) is 2.93. The lowest BCUT2D eigenvalue weighted by molar-refractivity contribution is -0.116. The maximum absolute atomic E-state index is 12.3. The van der Waals surface area contributed by atoms with Gasteiger partial charge < -0.3 is 15.0 Å². The van der Waals surface area contributed by atoms with Crippen LogP contribution in [0.3, 0.4) is 0 Å². The molecule has 0 atom stereocenters. The number of amides is 1. The highest BCUT2D eigenvalue weighted by Crippen LogP contribution is 2.21. The van der Waals surface area contributed by atoms with E-state index in [1.165, 1.54) is 0 Å². The number of nitrogens with zero attached hydrogens (tertiary/aromatic N) is 2. The number of nitrogens with one attached hydrogen (secondary N) is 1. The molecule has 1 aromatic heterocycles. The molecule has 1 amide bonds. The van der Waals surface area contributed by atoms with Crippen LogP contribution in [0.5, 0.6) is 5.75 Å². The molecular formula is C20H27N3O2. The van der Waals surface area contributed by atoms with Gasteiger partial charge in [0.15, 0.2) is 0 Å². The molecule has 0 aliphatic carbocycles. The third-order valence-corrected chi connectivity index (χ3v) is 4.25. The van der Waals surface area contributed by atoms with Crippen LogP contribution in [0.2, 0.25) is 0 Å². The molecule has 1 heterocycles. The molecular weight excluding hydrogens is 314 g/mol. The Morgan fingerprint density at radius 3 is 2.60 bits per heavy atom. The number of anilines is 2. The topological polar surface area (TPSA) is 54.5 Å². The van der Waals surface area contributed by atoms with E-state index in [2.05, 4.69) is 35.1 Å². The fourth-order valence-corrected chi connectivity index (χ4v) is 2.71. The van der Waals surface area contributed by atoms with Gasteiger partial charge >= 0.3 is 0 Å². The van der Waals surface area contributed by atoms with Crippen molar-refractivity contribution in [2.75, 3.05) is 30.4 Å². The van der Waals surface area contributed by atoms with Crippen LogP contribution in [0, 0.1) is 6.92 Å². The molecule has 0 aliphatic rings. The lowest BCUT2D eigenvalue weighted by Gasteiger charge is -2.20. The summed E-state index contributed by atoms with van der Waals surface area (Å²) in [4.78, 5) is 18.9. The maximum Gasteiger partial charge on any atom is 0.224 e. The summed E-state index contributed by atoms with van der Waals surface area (Å²) in [5, 5.41) is 2.97. The molecule has 5 heteroatoms. The third kappa shape index (κ3) is 5.21. The predicted octanol–water partition coefficient (Wildman–Crippen LogP) is 3.82. The molecule has 2 aromatic rings. The van der Waals surface area contributed by atoms with Crippen molar-refractivity contribution in [2.45, 2.75) is 33.6 Å². The Morgan fingerprint density at radius 2 is 1.96 bits per heavy atom. The molecule has 0 saturated carbocycles. The number of methoxy groups -OCH3 is 1. The minimum Gasteiger partial charge on any atom is -0.497 e. The molecule has 0 unspecified atom stereocenters. The Morgan fingerprint density at radius 1 is 1.20 bits per heavy atom. The highest BCUT2D eigenvalue weighted by Gasteiger charge is 2.08. The lowest BCUT2D eigenvalue weighted by atomic mass is 10.1. The molecule has 0 fully saturated rings. The first-order valence-electron chi connectivity index (χ1n) is 8.71. The van der Waals surface area contributed by atoms with E-state index in [-0.39, 0.29) is 5.91 Å². The summed E-state index contributed by atoms with van der Waals surface area (Å²) < 4.78 is 5.19. The van der Waals surface area contributed by atoms with Crippen LogP contribution in [0.4, 0.5) is 11.5 Å². The van der Waals surface area contributed by atoms with E-state index in [4.69, 9.17) is 4.74 Å². The number of aromatic nitrogens is 1. The fourth-order valence-electron chi connectivity index (χ4n) is 2.71. The van der Waals surface area contributed by atoms with E-state index in [0.29, 0.717) is 12.8 Å². The van der Waals surface area contributed by atoms with Crippen molar-refractivity contribution in [3.63, 3.8) is 0 Å². The van der Waals surface area contributed by atoms with Gasteiger partial charge in [-0.2, -0.15) is 0 Å². The maximum atomic E-state index is 12.3. The van der Waals surface area contributed by atoms with Gasteiger partial charge in [-0.25, -0.2) is 4.98 Å². The molecule has 0 aliphatic heterocycles. The molecule has 134 valence electrons. The molecule has 25 heavy (non-hydrogen) atoms. The molecule has 1 N–H and O–H groups in total. The van der Waals surface area contributed by atoms with Gasteiger partial charge in [0.25, 0.3) is 0 Å². The second kappa shape index (κ2) is 9.06. The SMILES string of the molecule is CCN(CC)c1cc(CCC(=O)Nc2ccc(OC)cc2C)ccn1. The largest absolute Gasteiger partial charge is 0.497 e. The third-order valence-electron chi connectivity index (χ3n) is 4.25. The Balaban J connectivity index is 1.95. The van der Waals surface area contributed by atoms with Crippen LogP contribution in [-0.4, -0.2) is 31.1 Å². The van der Waals surface area contributed by atoms with Crippen LogP contribution in [0.1, 0.15) is 31.4 Å². The molecule has 1 aromatic carbocycles. The standard InChI is InChI=1S/C20H27N3O2/c1-5-23(6-2)19-14-16(11-12-21-19)7-10-20(24)22-18-9-8-17(25-4)13-15(18)3/h8-9,11-14H,5-7,10H2,1-4H3,(H,22,24). The summed E-state index contributed by atoms with van der Waals surface area (Å²) in [6.07, 6.45) is 2.94. The van der Waals surface area contributed by atoms with Crippen LogP contribution >= 0.6 is 0 Å². The quantitative estimate of drug-likeness (QED) is 0.793. The Bertz CT molecular complexity index is 712. The Kier molecular flexibility index (Phi) is 6.81. The van der Waals surface area contributed by atoms with Crippen LogP contribution in [-0.2, 0) is 11.2 Å². The van der Waals surface area contributed by atoms with Gasteiger partial charge in [-0.1, -0.05) is 0 Å². The number of carbonyl (C=O) groups excluding carboxylic acids is 1. The summed E-state index contributed by atoms with van der Waals surface area (Å²) in [7, 11) is 1.63. The summed E-state index contributed by atoms with van der Waals surface area (Å²) in [6.45, 7) is 8.02. The number of benzene rings is 1. The van der Waals surface area contributed by atoms with Gasteiger partial charge in [0.05, 0.1) is 7.11 Å². The summed E-state index contributed by atoms with van der Waals surface area (Å²) >= 11 is 0. The van der Waals surface area contributed by atoms with E-state index in [1.54, 1.807) is 7.11 Å². The zero-order valence-electron chi connectivity index (χ0n) is 15.5. The predicted molar refractivity (Wildman–Crippen MR) is 102 cm³/mol. The normalized spacial score (nSPS) is 10.4. The molecule has 2 rings (SSSR count). The highest BCUT2D eigenvalue weighted by atomic mass is 16.5. The van der Waals surface area contributed by atoms with Crippen LogP contribution < -0.4 is 15.0 Å². The number of carbonyl (C=O) groups is 1. The number of aryl methyl sites for hydroxylation is 2. The first kappa shape index (κ1) is 18.8. The number of hydrogen-bond donors (Lipinski definition) is 1. The second-order valence-electron chi connectivity index (χ2n) is 5.92. The zero-order valence-corrected chi connectivity index (χ0v) is 15.5. The molecule has 5 nitrogen and oxygen atoms in total. The second-order valence-corrected chi connectivity index (χ2v) is 5.92. The summed E-state index contributed by atoms with van der Waals surface area (Å²) in [5.74, 6) is 1.76. The van der Waals surface area contributed by atoms with E-state index in [1.807, 2.05) is 37.4 Å². The summed E-state index contributed by atoms with van der Waals surface area (Å²) in [6, 6.07) is 9.67. The average Bonchev–Trinajstić information content (AvgIpc) is 2.63. The molecule has 0 spiro atoms. The lowest BCUT2D eigenvalue weighted by Crippen LogP contribution is -2.23. The van der Waals surface area contributed by atoms with E-state index in [0.717, 1.165) is 41.5 Å². The van der Waals surface area contributed by atoms with E-state index < -0.39 is 0 Å². The monoisotopic (exact) mass is 341 g/mol. The molecule has 0 saturated heterocycles. The first-order valence-corrected chi connectivity index (χ1v) is 8.71. The van der Waals surface area contributed by atoms with Crippen molar-refractivity contribution < 1.29 is 9.53 Å². The number of ether oxygens (including phenoxy) is 1. The van der Waals surface area contributed by atoms with Crippen molar-refractivity contribution in [2.24, 2.45) is 0 Å². The fraction of sp³-hybridized carbons (Fsp3) is 0.400. The van der Waals surface area contributed by atoms with E-state index >= 15 is 0 Å². The van der Waals surface area contributed by atoms with Crippen molar-refractivity contribution in [3.05, 3.63) is 47.7 Å². The van der Waals surface area contributed by atoms with Gasteiger partial charge in [0.1, 0.15) is 11.6 Å². The number of hydrogen-bond acceptors (Lipinski definition) is 4. The molecule has 0 bridgehead atoms. The van der Waals surface area contributed by atoms with Gasteiger partial charge in [-0.15, -0.1) is 0 Å². The minimum absolute atomic E-state index is 0.00877. The molecule has 0 radical (unpaired) electrons. The highest BCUT2D eigenvalue weighted by molar-refractivity contribution is 5.91. The minimum atomic E-state index is 0.00877. The van der Waals surface area contributed by atoms with Crippen molar-refractivity contribution in [3.8, 4) is 5.75 Å².